The second-order valence-corrected chi connectivity index (χ2v) is 6.32. The van der Waals surface area contributed by atoms with E-state index in [1.807, 2.05) is 0 Å². The first-order chi connectivity index (χ1) is 7.07. The predicted molar refractivity (Wildman–Crippen MR) is 65.7 cm³/mol. The Kier molecular flexibility index (Phi) is 3.12. The summed E-state index contributed by atoms with van der Waals surface area (Å²) in [5.74, 6) is 2.75. The van der Waals surface area contributed by atoms with Crippen molar-refractivity contribution >= 4 is 0 Å². The van der Waals surface area contributed by atoms with Gasteiger partial charge in [-0.2, -0.15) is 0 Å². The first kappa shape index (κ1) is 11.4. The highest BCUT2D eigenvalue weighted by Crippen LogP contribution is 2.38. The van der Waals surface area contributed by atoms with E-state index in [0.717, 1.165) is 23.8 Å². The van der Waals surface area contributed by atoms with Crippen LogP contribution in [0.1, 0.15) is 47.0 Å². The van der Waals surface area contributed by atoms with E-state index >= 15 is 0 Å². The highest BCUT2D eigenvalue weighted by Gasteiger charge is 2.44. The minimum Gasteiger partial charge on any atom is -0.321 e. The summed E-state index contributed by atoms with van der Waals surface area (Å²) in [7, 11) is 0. The van der Waals surface area contributed by atoms with Crippen molar-refractivity contribution in [1.82, 2.24) is 0 Å². The van der Waals surface area contributed by atoms with Crippen LogP contribution < -0.4 is 0 Å². The van der Waals surface area contributed by atoms with Crippen LogP contribution in [0.2, 0.25) is 0 Å². The van der Waals surface area contributed by atoms with Gasteiger partial charge in [-0.05, 0) is 25.2 Å². The van der Waals surface area contributed by atoms with Crippen LogP contribution in [0.25, 0.3) is 0 Å². The highest BCUT2D eigenvalue weighted by molar-refractivity contribution is 4.79. The van der Waals surface area contributed by atoms with Crippen molar-refractivity contribution in [2.24, 2.45) is 17.8 Å². The van der Waals surface area contributed by atoms with Crippen LogP contribution in [0, 0.1) is 17.8 Å². The van der Waals surface area contributed by atoms with E-state index in [9.17, 15) is 0 Å². The van der Waals surface area contributed by atoms with E-state index < -0.39 is 0 Å². The average Bonchev–Trinajstić information content (AvgIpc) is 2.69. The molecule has 1 heteroatoms. The lowest BCUT2D eigenvalue weighted by atomic mass is 9.81. The van der Waals surface area contributed by atoms with E-state index in [1.54, 1.807) is 0 Å². The first-order valence-corrected chi connectivity index (χ1v) is 6.92. The molecule has 0 saturated carbocycles. The third kappa shape index (κ3) is 1.84. The Hall–Kier alpha value is -0.0400. The lowest BCUT2D eigenvalue weighted by Gasteiger charge is -2.42. The van der Waals surface area contributed by atoms with Gasteiger partial charge >= 0.3 is 0 Å². The molecule has 0 aromatic rings. The molecule has 15 heavy (non-hydrogen) atoms. The molecule has 0 aromatic carbocycles. The Morgan fingerprint density at radius 2 is 1.40 bits per heavy atom. The van der Waals surface area contributed by atoms with Crippen molar-refractivity contribution in [3.63, 3.8) is 0 Å². The molecule has 2 aliphatic heterocycles. The van der Waals surface area contributed by atoms with Gasteiger partial charge in [0.25, 0.3) is 0 Å². The van der Waals surface area contributed by atoms with Crippen molar-refractivity contribution in [2.75, 3.05) is 19.6 Å². The van der Waals surface area contributed by atoms with Gasteiger partial charge in [-0.25, -0.2) is 0 Å². The molecule has 4 atom stereocenters. The van der Waals surface area contributed by atoms with Gasteiger partial charge in [-0.1, -0.05) is 20.8 Å². The van der Waals surface area contributed by atoms with Gasteiger partial charge in [0, 0.05) is 18.8 Å². The number of rotatable bonds is 0. The third-order valence-electron chi connectivity index (χ3n) is 5.84. The lowest BCUT2D eigenvalue weighted by molar-refractivity contribution is -0.941. The molecular weight excluding hydrogens is 182 g/mol. The fourth-order valence-corrected chi connectivity index (χ4v) is 3.98. The molecule has 4 unspecified atom stereocenters. The van der Waals surface area contributed by atoms with Gasteiger partial charge in [0.05, 0.1) is 25.7 Å². The Balaban J connectivity index is 2.20. The molecule has 2 heterocycles. The molecule has 88 valence electrons. The summed E-state index contributed by atoms with van der Waals surface area (Å²) in [5.41, 5.74) is 0. The number of quaternary nitrogens is 1. The summed E-state index contributed by atoms with van der Waals surface area (Å²) in [6, 6.07) is 0.896. The molecule has 0 aromatic heterocycles. The second-order valence-electron chi connectivity index (χ2n) is 6.32. The zero-order chi connectivity index (χ0) is 11.1. The van der Waals surface area contributed by atoms with Crippen molar-refractivity contribution in [1.29, 1.82) is 0 Å². The minimum absolute atomic E-state index is 0.896. The molecule has 1 nitrogen and oxygen atoms in total. The number of nitrogens with zero attached hydrogens (tertiary/aromatic N) is 1. The Morgan fingerprint density at radius 3 is 2.00 bits per heavy atom. The monoisotopic (exact) mass is 210 g/mol. The van der Waals surface area contributed by atoms with Crippen LogP contribution in [0.3, 0.4) is 0 Å². The van der Waals surface area contributed by atoms with Crippen LogP contribution >= 0.6 is 0 Å². The largest absolute Gasteiger partial charge is 0.321 e. The topological polar surface area (TPSA) is 0 Å². The van der Waals surface area contributed by atoms with E-state index in [4.69, 9.17) is 0 Å². The summed E-state index contributed by atoms with van der Waals surface area (Å²) < 4.78 is 1.45. The molecular formula is C14H28N+. The smallest absolute Gasteiger partial charge is 0.0890 e. The molecule has 2 rings (SSSR count). The van der Waals surface area contributed by atoms with Crippen molar-refractivity contribution < 1.29 is 4.48 Å². The van der Waals surface area contributed by atoms with Crippen LogP contribution in [0.4, 0.5) is 0 Å². The summed E-state index contributed by atoms with van der Waals surface area (Å²) in [5, 5.41) is 0. The SMILES string of the molecule is CC1CC[N+]2(CCCC2)C(C)C(C)C1C. The zero-order valence-corrected chi connectivity index (χ0v) is 11.0. The molecule has 0 amide bonds. The first-order valence-electron chi connectivity index (χ1n) is 6.92. The highest BCUT2D eigenvalue weighted by atomic mass is 15.4. The molecule has 0 N–H and O–H groups in total. The van der Waals surface area contributed by atoms with Crippen molar-refractivity contribution in [2.45, 2.75) is 53.0 Å². The second kappa shape index (κ2) is 4.08. The standard InChI is InChI=1S/C14H28N/c1-11-7-10-15(8-5-6-9-15)14(4)13(3)12(11)2/h11-14H,5-10H2,1-4H3/q+1. The fraction of sp³-hybridized carbons (Fsp3) is 1.00. The van der Waals surface area contributed by atoms with Crippen molar-refractivity contribution in [3.8, 4) is 0 Å². The summed E-state index contributed by atoms with van der Waals surface area (Å²) >= 11 is 0. The Bertz CT molecular complexity index is 217. The summed E-state index contributed by atoms with van der Waals surface area (Å²) in [6.45, 7) is 14.3. The molecule has 2 saturated heterocycles. The van der Waals surface area contributed by atoms with Gasteiger partial charge in [0.15, 0.2) is 0 Å². The fourth-order valence-electron chi connectivity index (χ4n) is 3.98. The van der Waals surface area contributed by atoms with Gasteiger partial charge in [0.2, 0.25) is 0 Å². The Labute approximate surface area is 95.4 Å². The zero-order valence-electron chi connectivity index (χ0n) is 11.0. The normalized spacial score (nSPS) is 45.6. The van der Waals surface area contributed by atoms with Gasteiger partial charge in [0.1, 0.15) is 0 Å². The molecule has 2 aliphatic rings. The van der Waals surface area contributed by atoms with Crippen LogP contribution in [-0.4, -0.2) is 30.2 Å². The van der Waals surface area contributed by atoms with Gasteiger partial charge in [-0.3, -0.25) is 0 Å². The van der Waals surface area contributed by atoms with Gasteiger partial charge < -0.3 is 4.48 Å². The maximum absolute atomic E-state index is 2.52. The van der Waals surface area contributed by atoms with Crippen molar-refractivity contribution in [3.05, 3.63) is 0 Å². The molecule has 0 aliphatic carbocycles. The predicted octanol–water partition coefficient (Wildman–Crippen LogP) is 3.30. The lowest BCUT2D eigenvalue weighted by Crippen LogP contribution is -2.54. The van der Waals surface area contributed by atoms with E-state index in [1.165, 1.54) is 43.4 Å². The number of hydrogen-bond donors (Lipinski definition) is 0. The van der Waals surface area contributed by atoms with Crippen LogP contribution in [0.15, 0.2) is 0 Å². The van der Waals surface area contributed by atoms with E-state index in [0.29, 0.717) is 0 Å². The van der Waals surface area contributed by atoms with Gasteiger partial charge in [-0.15, -0.1) is 0 Å². The van der Waals surface area contributed by atoms with Crippen LogP contribution in [-0.2, 0) is 0 Å². The van der Waals surface area contributed by atoms with Crippen LogP contribution in [0.5, 0.6) is 0 Å². The van der Waals surface area contributed by atoms with E-state index in [2.05, 4.69) is 27.7 Å². The Morgan fingerprint density at radius 1 is 0.800 bits per heavy atom. The maximum atomic E-state index is 2.52. The summed E-state index contributed by atoms with van der Waals surface area (Å²) in [6.07, 6.45) is 4.40. The van der Waals surface area contributed by atoms with E-state index in [-0.39, 0.29) is 0 Å². The quantitative estimate of drug-likeness (QED) is 0.538. The molecule has 2 fully saturated rings. The maximum Gasteiger partial charge on any atom is 0.0890 e. The minimum atomic E-state index is 0.896. The molecule has 0 bridgehead atoms. The molecule has 0 radical (unpaired) electrons. The molecule has 1 spiro atoms. The summed E-state index contributed by atoms with van der Waals surface area (Å²) in [4.78, 5) is 0. The average molecular weight is 210 g/mol. The number of hydrogen-bond acceptors (Lipinski definition) is 0. The third-order valence-corrected chi connectivity index (χ3v) is 5.84.